The standard InChI is InChI=1S/C15H19N3O2S/c1-2-3-11-4-6-13(7-5-11)18-14-8-12(16)9-15(10-14)21(17,19)20/h4-10,18H,2-3,16H2,1H3,(H2,17,19,20). The molecule has 21 heavy (non-hydrogen) atoms. The third-order valence-electron chi connectivity index (χ3n) is 3.04. The summed E-state index contributed by atoms with van der Waals surface area (Å²) < 4.78 is 22.8. The van der Waals surface area contributed by atoms with Crippen LogP contribution in [0.2, 0.25) is 0 Å². The Hall–Kier alpha value is -2.05. The van der Waals surface area contributed by atoms with Gasteiger partial charge in [0.25, 0.3) is 0 Å². The third-order valence-corrected chi connectivity index (χ3v) is 3.93. The first-order valence-electron chi connectivity index (χ1n) is 6.68. The first-order valence-corrected chi connectivity index (χ1v) is 8.22. The van der Waals surface area contributed by atoms with Crippen LogP contribution in [0.5, 0.6) is 0 Å². The fraction of sp³-hybridized carbons (Fsp3) is 0.200. The van der Waals surface area contributed by atoms with Crippen molar-refractivity contribution in [2.75, 3.05) is 11.1 Å². The molecule has 0 heterocycles. The summed E-state index contributed by atoms with van der Waals surface area (Å²) in [5.41, 5.74) is 8.76. The maximum absolute atomic E-state index is 11.4. The van der Waals surface area contributed by atoms with E-state index in [1.807, 2.05) is 24.3 Å². The van der Waals surface area contributed by atoms with Crippen molar-refractivity contribution in [3.8, 4) is 0 Å². The minimum absolute atomic E-state index is 0.00685. The highest BCUT2D eigenvalue weighted by Gasteiger charge is 2.10. The van der Waals surface area contributed by atoms with Crippen molar-refractivity contribution in [2.45, 2.75) is 24.7 Å². The van der Waals surface area contributed by atoms with Crippen molar-refractivity contribution >= 4 is 27.1 Å². The zero-order chi connectivity index (χ0) is 15.5. The molecule has 0 fully saturated rings. The molecule has 2 aromatic rings. The van der Waals surface area contributed by atoms with Crippen LogP contribution in [0.1, 0.15) is 18.9 Å². The Labute approximate surface area is 125 Å². The summed E-state index contributed by atoms with van der Waals surface area (Å²) in [6, 6.07) is 12.4. The quantitative estimate of drug-likeness (QED) is 0.739. The second-order valence-electron chi connectivity index (χ2n) is 4.91. The van der Waals surface area contributed by atoms with Crippen LogP contribution >= 0.6 is 0 Å². The number of nitrogen functional groups attached to an aromatic ring is 1. The molecule has 0 spiro atoms. The van der Waals surface area contributed by atoms with E-state index in [0.29, 0.717) is 11.4 Å². The summed E-state index contributed by atoms with van der Waals surface area (Å²) in [5.74, 6) is 0. The van der Waals surface area contributed by atoms with Crippen molar-refractivity contribution in [1.29, 1.82) is 0 Å². The van der Waals surface area contributed by atoms with Crippen LogP contribution in [-0.2, 0) is 16.4 Å². The van der Waals surface area contributed by atoms with Crippen molar-refractivity contribution < 1.29 is 8.42 Å². The highest BCUT2D eigenvalue weighted by atomic mass is 32.2. The number of hydrogen-bond donors (Lipinski definition) is 3. The Balaban J connectivity index is 2.25. The average Bonchev–Trinajstić information content (AvgIpc) is 2.40. The molecule has 0 unspecified atom stereocenters. The topological polar surface area (TPSA) is 98.2 Å². The molecule has 0 aliphatic rings. The molecule has 0 bridgehead atoms. The van der Waals surface area contributed by atoms with Gasteiger partial charge in [0.05, 0.1) is 4.90 Å². The minimum Gasteiger partial charge on any atom is -0.399 e. The van der Waals surface area contributed by atoms with Gasteiger partial charge in [0.2, 0.25) is 10.0 Å². The molecule has 0 saturated heterocycles. The number of hydrogen-bond acceptors (Lipinski definition) is 4. The molecule has 2 aromatic carbocycles. The molecule has 5 N–H and O–H groups in total. The smallest absolute Gasteiger partial charge is 0.238 e. The average molecular weight is 305 g/mol. The third kappa shape index (κ3) is 4.21. The van der Waals surface area contributed by atoms with Gasteiger partial charge in [-0.05, 0) is 42.3 Å². The second-order valence-corrected chi connectivity index (χ2v) is 6.47. The molecule has 0 saturated carbocycles. The van der Waals surface area contributed by atoms with Gasteiger partial charge in [-0.3, -0.25) is 0 Å². The number of primary sulfonamides is 1. The molecule has 2 rings (SSSR count). The highest BCUT2D eigenvalue weighted by Crippen LogP contribution is 2.23. The molecule has 6 heteroatoms. The predicted molar refractivity (Wildman–Crippen MR) is 85.9 cm³/mol. The zero-order valence-electron chi connectivity index (χ0n) is 11.8. The second kappa shape index (κ2) is 6.15. The Bertz CT molecular complexity index is 725. The van der Waals surface area contributed by atoms with Crippen LogP contribution in [0.25, 0.3) is 0 Å². The lowest BCUT2D eigenvalue weighted by Crippen LogP contribution is -2.12. The Morgan fingerprint density at radius 1 is 1.05 bits per heavy atom. The number of benzene rings is 2. The zero-order valence-corrected chi connectivity index (χ0v) is 12.7. The van der Waals surface area contributed by atoms with E-state index in [-0.39, 0.29) is 4.90 Å². The molecule has 0 amide bonds. The lowest BCUT2D eigenvalue weighted by atomic mass is 10.1. The predicted octanol–water partition coefficient (Wildman–Crippen LogP) is 2.61. The molecule has 5 nitrogen and oxygen atoms in total. The van der Waals surface area contributed by atoms with Gasteiger partial charge in [0.15, 0.2) is 0 Å². The number of nitrogens with two attached hydrogens (primary N) is 2. The van der Waals surface area contributed by atoms with Gasteiger partial charge in [-0.15, -0.1) is 0 Å². The molecule has 0 aliphatic carbocycles. The van der Waals surface area contributed by atoms with E-state index < -0.39 is 10.0 Å². The first kappa shape index (κ1) is 15.3. The largest absolute Gasteiger partial charge is 0.399 e. The van der Waals surface area contributed by atoms with Crippen LogP contribution in [-0.4, -0.2) is 8.42 Å². The van der Waals surface area contributed by atoms with Crippen LogP contribution in [0.4, 0.5) is 17.1 Å². The number of sulfonamides is 1. The van der Waals surface area contributed by atoms with Crippen molar-refractivity contribution in [3.05, 3.63) is 48.0 Å². The van der Waals surface area contributed by atoms with Gasteiger partial charge < -0.3 is 11.1 Å². The minimum atomic E-state index is -3.77. The van der Waals surface area contributed by atoms with E-state index in [2.05, 4.69) is 12.2 Å². The fourth-order valence-corrected chi connectivity index (χ4v) is 2.66. The molecular formula is C15H19N3O2S. The molecule has 0 aromatic heterocycles. The number of anilines is 3. The number of aryl methyl sites for hydroxylation is 1. The summed E-state index contributed by atoms with van der Waals surface area (Å²) in [6.07, 6.45) is 2.13. The monoisotopic (exact) mass is 305 g/mol. The normalized spacial score (nSPS) is 11.3. The Morgan fingerprint density at radius 3 is 2.29 bits per heavy atom. The van der Waals surface area contributed by atoms with Crippen molar-refractivity contribution in [2.24, 2.45) is 5.14 Å². The van der Waals surface area contributed by atoms with E-state index in [1.165, 1.54) is 17.7 Å². The maximum atomic E-state index is 11.4. The van der Waals surface area contributed by atoms with Crippen molar-refractivity contribution in [1.82, 2.24) is 0 Å². The Kier molecular flexibility index (Phi) is 4.50. The van der Waals surface area contributed by atoms with Gasteiger partial charge in [-0.2, -0.15) is 0 Å². The van der Waals surface area contributed by atoms with Crippen molar-refractivity contribution in [3.63, 3.8) is 0 Å². The summed E-state index contributed by atoms with van der Waals surface area (Å²) >= 11 is 0. The number of nitrogens with one attached hydrogen (secondary N) is 1. The molecule has 0 aliphatic heterocycles. The van der Waals surface area contributed by atoms with E-state index in [9.17, 15) is 8.42 Å². The van der Waals surface area contributed by atoms with Gasteiger partial charge in [-0.25, -0.2) is 13.6 Å². The van der Waals surface area contributed by atoms with Gasteiger partial charge in [0.1, 0.15) is 0 Å². The molecule has 0 atom stereocenters. The summed E-state index contributed by atoms with van der Waals surface area (Å²) in [5, 5.41) is 8.26. The molecular weight excluding hydrogens is 286 g/mol. The van der Waals surface area contributed by atoms with E-state index in [0.717, 1.165) is 18.5 Å². The first-order chi connectivity index (χ1) is 9.88. The molecule has 0 radical (unpaired) electrons. The summed E-state index contributed by atoms with van der Waals surface area (Å²) in [7, 11) is -3.77. The van der Waals surface area contributed by atoms with Crippen LogP contribution in [0, 0.1) is 0 Å². The van der Waals surface area contributed by atoms with E-state index in [1.54, 1.807) is 6.07 Å². The number of rotatable bonds is 5. The summed E-state index contributed by atoms with van der Waals surface area (Å²) in [4.78, 5) is -0.00685. The van der Waals surface area contributed by atoms with Gasteiger partial charge in [-0.1, -0.05) is 25.5 Å². The van der Waals surface area contributed by atoms with Crippen LogP contribution in [0.15, 0.2) is 47.4 Å². The summed E-state index contributed by atoms with van der Waals surface area (Å²) in [6.45, 7) is 2.13. The SMILES string of the molecule is CCCc1ccc(Nc2cc(N)cc(S(N)(=O)=O)c2)cc1. The fourth-order valence-electron chi connectivity index (χ4n) is 2.07. The lowest BCUT2D eigenvalue weighted by Gasteiger charge is -2.10. The highest BCUT2D eigenvalue weighted by molar-refractivity contribution is 7.89. The lowest BCUT2D eigenvalue weighted by molar-refractivity contribution is 0.598. The van der Waals surface area contributed by atoms with Crippen LogP contribution < -0.4 is 16.2 Å². The maximum Gasteiger partial charge on any atom is 0.238 e. The van der Waals surface area contributed by atoms with E-state index in [4.69, 9.17) is 10.9 Å². The molecule has 112 valence electrons. The van der Waals surface area contributed by atoms with Gasteiger partial charge >= 0.3 is 0 Å². The van der Waals surface area contributed by atoms with E-state index >= 15 is 0 Å². The van der Waals surface area contributed by atoms with Crippen LogP contribution in [0.3, 0.4) is 0 Å². The van der Waals surface area contributed by atoms with Gasteiger partial charge in [0, 0.05) is 17.1 Å². The Morgan fingerprint density at radius 2 is 1.71 bits per heavy atom.